The highest BCUT2D eigenvalue weighted by Gasteiger charge is 2.33. The summed E-state index contributed by atoms with van der Waals surface area (Å²) in [6, 6.07) is 8.00. The first-order chi connectivity index (χ1) is 6.81. The van der Waals surface area contributed by atoms with Gasteiger partial charge in [-0.05, 0) is 24.3 Å². The average molecular weight is 191 g/mol. The van der Waals surface area contributed by atoms with Crippen LogP contribution in [0.15, 0.2) is 24.3 Å². The number of benzene rings is 1. The van der Waals surface area contributed by atoms with Gasteiger partial charge in [-0.15, -0.1) is 0 Å². The zero-order chi connectivity index (χ0) is 9.97. The molecule has 14 heavy (non-hydrogen) atoms. The smallest absolute Gasteiger partial charge is 0.123 e. The maximum Gasteiger partial charge on any atom is 0.123 e. The topological polar surface area (TPSA) is 35.2 Å². The lowest BCUT2D eigenvalue weighted by atomic mass is 10.2. The van der Waals surface area contributed by atoms with Crippen molar-refractivity contribution in [2.75, 3.05) is 6.61 Å². The minimum absolute atomic E-state index is 0.552. The number of para-hydroxylation sites is 1. The van der Waals surface area contributed by atoms with E-state index < -0.39 is 0 Å². The maximum atomic E-state index is 5.74. The monoisotopic (exact) mass is 191 g/mol. The molecule has 0 heterocycles. The van der Waals surface area contributed by atoms with Gasteiger partial charge in [-0.2, -0.15) is 0 Å². The Bertz CT molecular complexity index is 311. The van der Waals surface area contributed by atoms with Gasteiger partial charge in [0.15, 0.2) is 0 Å². The molecule has 2 N–H and O–H groups in total. The van der Waals surface area contributed by atoms with E-state index in [4.69, 9.17) is 10.5 Å². The van der Waals surface area contributed by atoms with Crippen LogP contribution in [0.25, 0.3) is 0 Å². The maximum absolute atomic E-state index is 5.74. The molecule has 0 unspecified atom stereocenters. The molecule has 1 aromatic rings. The number of hydrogen-bond donors (Lipinski definition) is 1. The van der Waals surface area contributed by atoms with Crippen molar-refractivity contribution in [2.45, 2.75) is 19.9 Å². The lowest BCUT2D eigenvalue weighted by Crippen LogP contribution is -2.05. The van der Waals surface area contributed by atoms with Gasteiger partial charge in [-0.25, -0.2) is 0 Å². The summed E-state index contributed by atoms with van der Waals surface area (Å²) in [5, 5.41) is 0. The van der Waals surface area contributed by atoms with E-state index in [1.165, 1.54) is 6.42 Å². The van der Waals surface area contributed by atoms with Crippen molar-refractivity contribution in [3.63, 3.8) is 0 Å². The fraction of sp³-hybridized carbons (Fsp3) is 0.500. The Labute approximate surface area is 85.1 Å². The predicted octanol–water partition coefficient (Wildman–Crippen LogP) is 2.18. The lowest BCUT2D eigenvalue weighted by molar-refractivity contribution is 0.290. The molecule has 1 aliphatic carbocycles. The van der Waals surface area contributed by atoms with Crippen LogP contribution in [0, 0.1) is 11.8 Å². The molecular formula is C12H17NO. The van der Waals surface area contributed by atoms with Crippen molar-refractivity contribution in [3.05, 3.63) is 29.8 Å². The normalized spacial score (nSPS) is 24.7. The summed E-state index contributed by atoms with van der Waals surface area (Å²) in [5.74, 6) is 2.56. The number of hydrogen-bond acceptors (Lipinski definition) is 2. The van der Waals surface area contributed by atoms with E-state index in [0.29, 0.717) is 6.54 Å². The minimum Gasteiger partial charge on any atom is -0.493 e. The molecule has 2 atom stereocenters. The molecule has 1 aromatic carbocycles. The van der Waals surface area contributed by atoms with Crippen molar-refractivity contribution < 1.29 is 4.74 Å². The number of nitrogens with two attached hydrogens (primary N) is 1. The Morgan fingerprint density at radius 1 is 1.43 bits per heavy atom. The highest BCUT2D eigenvalue weighted by Crippen LogP contribution is 2.38. The molecule has 2 nitrogen and oxygen atoms in total. The van der Waals surface area contributed by atoms with Gasteiger partial charge in [0.1, 0.15) is 5.75 Å². The molecule has 2 rings (SSSR count). The second-order valence-corrected chi connectivity index (χ2v) is 4.10. The van der Waals surface area contributed by atoms with Crippen LogP contribution in [0.2, 0.25) is 0 Å². The Kier molecular flexibility index (Phi) is 2.73. The van der Waals surface area contributed by atoms with Crippen LogP contribution in [-0.2, 0) is 6.54 Å². The standard InChI is InChI=1S/C12H17NO/c1-9-6-11(9)8-14-12-5-3-2-4-10(12)7-13/h2-5,9,11H,6-8,13H2,1H3/t9-,11-/m0/s1. The Hall–Kier alpha value is -1.02. The van der Waals surface area contributed by atoms with Crippen molar-refractivity contribution >= 4 is 0 Å². The molecular weight excluding hydrogens is 174 g/mol. The van der Waals surface area contributed by atoms with Crippen LogP contribution in [0.1, 0.15) is 18.9 Å². The summed E-state index contributed by atoms with van der Waals surface area (Å²) < 4.78 is 5.74. The molecule has 0 radical (unpaired) electrons. The molecule has 1 fully saturated rings. The van der Waals surface area contributed by atoms with Crippen molar-refractivity contribution in [3.8, 4) is 5.75 Å². The Balaban J connectivity index is 1.94. The lowest BCUT2D eigenvalue weighted by Gasteiger charge is -2.09. The third kappa shape index (κ3) is 2.07. The van der Waals surface area contributed by atoms with E-state index in [0.717, 1.165) is 29.8 Å². The Morgan fingerprint density at radius 3 is 2.79 bits per heavy atom. The molecule has 0 aromatic heterocycles. The van der Waals surface area contributed by atoms with Gasteiger partial charge < -0.3 is 10.5 Å². The van der Waals surface area contributed by atoms with E-state index in [-0.39, 0.29) is 0 Å². The number of rotatable bonds is 4. The second-order valence-electron chi connectivity index (χ2n) is 4.10. The van der Waals surface area contributed by atoms with Crippen LogP contribution in [-0.4, -0.2) is 6.61 Å². The van der Waals surface area contributed by atoms with Crippen molar-refractivity contribution in [1.82, 2.24) is 0 Å². The first-order valence-corrected chi connectivity index (χ1v) is 5.22. The molecule has 0 spiro atoms. The summed E-state index contributed by atoms with van der Waals surface area (Å²) in [4.78, 5) is 0. The van der Waals surface area contributed by atoms with Gasteiger partial charge in [0.05, 0.1) is 6.61 Å². The molecule has 1 saturated carbocycles. The van der Waals surface area contributed by atoms with Crippen LogP contribution < -0.4 is 10.5 Å². The van der Waals surface area contributed by atoms with Crippen molar-refractivity contribution in [2.24, 2.45) is 17.6 Å². The second kappa shape index (κ2) is 4.01. The van der Waals surface area contributed by atoms with Crippen LogP contribution in [0.4, 0.5) is 0 Å². The zero-order valence-corrected chi connectivity index (χ0v) is 8.57. The van der Waals surface area contributed by atoms with E-state index in [1.807, 2.05) is 24.3 Å². The van der Waals surface area contributed by atoms with E-state index in [2.05, 4.69) is 6.92 Å². The van der Waals surface area contributed by atoms with E-state index in [1.54, 1.807) is 0 Å². The zero-order valence-electron chi connectivity index (χ0n) is 8.57. The van der Waals surface area contributed by atoms with Crippen LogP contribution >= 0.6 is 0 Å². The van der Waals surface area contributed by atoms with Gasteiger partial charge in [-0.3, -0.25) is 0 Å². The molecule has 0 aliphatic heterocycles. The summed E-state index contributed by atoms with van der Waals surface area (Å²) in [6.45, 7) is 3.66. The first-order valence-electron chi connectivity index (χ1n) is 5.22. The van der Waals surface area contributed by atoms with Gasteiger partial charge >= 0.3 is 0 Å². The predicted molar refractivity (Wildman–Crippen MR) is 57.1 cm³/mol. The minimum atomic E-state index is 0.552. The summed E-state index contributed by atoms with van der Waals surface area (Å²) in [7, 11) is 0. The fourth-order valence-electron chi connectivity index (χ4n) is 1.64. The van der Waals surface area contributed by atoms with Crippen LogP contribution in [0.5, 0.6) is 5.75 Å². The van der Waals surface area contributed by atoms with E-state index >= 15 is 0 Å². The highest BCUT2D eigenvalue weighted by molar-refractivity contribution is 5.33. The highest BCUT2D eigenvalue weighted by atomic mass is 16.5. The van der Waals surface area contributed by atoms with Gasteiger partial charge in [-0.1, -0.05) is 25.1 Å². The van der Waals surface area contributed by atoms with Crippen LogP contribution in [0.3, 0.4) is 0 Å². The quantitative estimate of drug-likeness (QED) is 0.791. The average Bonchev–Trinajstić information content (AvgIpc) is 2.92. The third-order valence-electron chi connectivity index (χ3n) is 2.92. The summed E-state index contributed by atoms with van der Waals surface area (Å²) >= 11 is 0. The molecule has 76 valence electrons. The van der Waals surface area contributed by atoms with Crippen molar-refractivity contribution in [1.29, 1.82) is 0 Å². The van der Waals surface area contributed by atoms with Gasteiger partial charge in [0.25, 0.3) is 0 Å². The van der Waals surface area contributed by atoms with E-state index in [9.17, 15) is 0 Å². The largest absolute Gasteiger partial charge is 0.493 e. The van der Waals surface area contributed by atoms with Gasteiger partial charge in [0.2, 0.25) is 0 Å². The third-order valence-corrected chi connectivity index (χ3v) is 2.92. The summed E-state index contributed by atoms with van der Waals surface area (Å²) in [5.41, 5.74) is 6.72. The molecule has 2 heteroatoms. The molecule has 0 amide bonds. The molecule has 1 aliphatic rings. The first kappa shape index (κ1) is 9.53. The SMILES string of the molecule is C[C@H]1C[C@H]1COc1ccccc1CN. The number of ether oxygens (including phenoxy) is 1. The molecule has 0 saturated heterocycles. The Morgan fingerprint density at radius 2 is 2.14 bits per heavy atom. The summed E-state index contributed by atoms with van der Waals surface area (Å²) in [6.07, 6.45) is 1.31. The fourth-order valence-corrected chi connectivity index (χ4v) is 1.64. The van der Waals surface area contributed by atoms with Gasteiger partial charge in [0, 0.05) is 12.1 Å². The molecule has 0 bridgehead atoms.